The SMILES string of the molecule is C[Si]1(C)c2ccccc2-c2cc(-c3c4ccccc4c(-c4nc(-c5ccccc5)nc(-c5ccccc5)n4)c4ccccc34)ccc21. The minimum absolute atomic E-state index is 0.663. The smallest absolute Gasteiger partial charge is 0.165 e. The number of rotatable bonds is 4. The number of nitrogens with zero attached hydrogens (tertiary/aromatic N) is 3. The van der Waals surface area contributed by atoms with Crippen molar-refractivity contribution in [2.75, 3.05) is 0 Å². The van der Waals surface area contributed by atoms with Gasteiger partial charge in [-0.05, 0) is 60.2 Å². The highest BCUT2D eigenvalue weighted by atomic mass is 28.3. The van der Waals surface area contributed by atoms with Gasteiger partial charge in [0.2, 0.25) is 0 Å². The van der Waals surface area contributed by atoms with E-state index < -0.39 is 8.07 Å². The van der Waals surface area contributed by atoms with Crippen LogP contribution in [0.5, 0.6) is 0 Å². The van der Waals surface area contributed by atoms with Gasteiger partial charge in [-0.2, -0.15) is 0 Å². The fourth-order valence-electron chi connectivity index (χ4n) is 7.48. The van der Waals surface area contributed by atoms with Gasteiger partial charge in [-0.25, -0.2) is 15.0 Å². The van der Waals surface area contributed by atoms with Gasteiger partial charge in [0.15, 0.2) is 17.5 Å². The third-order valence-electron chi connectivity index (χ3n) is 9.73. The molecular weight excluding hydrogens is 587 g/mol. The predicted molar refractivity (Wildman–Crippen MR) is 199 cm³/mol. The molecule has 0 N–H and O–H groups in total. The van der Waals surface area contributed by atoms with Crippen LogP contribution in [0.15, 0.2) is 152 Å². The van der Waals surface area contributed by atoms with Gasteiger partial charge in [-0.1, -0.05) is 159 Å². The third-order valence-corrected chi connectivity index (χ3v) is 13.3. The molecule has 0 radical (unpaired) electrons. The van der Waals surface area contributed by atoms with E-state index in [1.807, 2.05) is 36.4 Å². The zero-order valence-electron chi connectivity index (χ0n) is 26.3. The van der Waals surface area contributed by atoms with Crippen molar-refractivity contribution < 1.29 is 0 Å². The Balaban J connectivity index is 1.34. The van der Waals surface area contributed by atoms with Crippen molar-refractivity contribution in [3.63, 3.8) is 0 Å². The first kappa shape index (κ1) is 27.6. The van der Waals surface area contributed by atoms with E-state index in [9.17, 15) is 0 Å². The second-order valence-corrected chi connectivity index (χ2v) is 17.1. The summed E-state index contributed by atoms with van der Waals surface area (Å²) in [6, 6.07) is 54.0. The van der Waals surface area contributed by atoms with Crippen LogP contribution in [-0.4, -0.2) is 23.0 Å². The normalized spacial score (nSPS) is 13.1. The molecule has 3 nitrogen and oxygen atoms in total. The average Bonchev–Trinajstić information content (AvgIpc) is 3.36. The first-order valence-electron chi connectivity index (χ1n) is 16.1. The van der Waals surface area contributed by atoms with E-state index >= 15 is 0 Å². The number of hydrogen-bond donors (Lipinski definition) is 0. The van der Waals surface area contributed by atoms with Crippen LogP contribution in [0.1, 0.15) is 0 Å². The fraction of sp³-hybridized carbons (Fsp3) is 0.0465. The summed E-state index contributed by atoms with van der Waals surface area (Å²) in [4.78, 5) is 15.3. The molecule has 0 aliphatic carbocycles. The first-order chi connectivity index (χ1) is 23.1. The summed E-state index contributed by atoms with van der Waals surface area (Å²) in [7, 11) is -1.76. The number of hydrogen-bond acceptors (Lipinski definition) is 3. The summed E-state index contributed by atoms with van der Waals surface area (Å²) in [5.41, 5.74) is 8.19. The molecule has 0 unspecified atom stereocenters. The summed E-state index contributed by atoms with van der Waals surface area (Å²) in [6.45, 7) is 4.94. The summed E-state index contributed by atoms with van der Waals surface area (Å²) < 4.78 is 0. The van der Waals surface area contributed by atoms with Crippen LogP contribution in [0.3, 0.4) is 0 Å². The molecule has 0 saturated heterocycles. The molecule has 0 atom stereocenters. The Kier molecular flexibility index (Phi) is 6.27. The topological polar surface area (TPSA) is 38.7 Å². The van der Waals surface area contributed by atoms with Crippen molar-refractivity contribution >= 4 is 40.0 Å². The van der Waals surface area contributed by atoms with Gasteiger partial charge in [0.25, 0.3) is 0 Å². The predicted octanol–water partition coefficient (Wildman–Crippen LogP) is 9.65. The Labute approximate surface area is 275 Å². The lowest BCUT2D eigenvalue weighted by atomic mass is 9.87. The molecule has 0 fully saturated rings. The number of benzene rings is 7. The highest BCUT2D eigenvalue weighted by Gasteiger charge is 2.37. The first-order valence-corrected chi connectivity index (χ1v) is 19.1. The summed E-state index contributed by atoms with van der Waals surface area (Å²) in [5.74, 6) is 2.00. The zero-order chi connectivity index (χ0) is 31.5. The minimum atomic E-state index is -1.76. The molecule has 4 heteroatoms. The molecule has 0 bridgehead atoms. The van der Waals surface area contributed by atoms with Crippen LogP contribution in [-0.2, 0) is 0 Å². The lowest BCUT2D eigenvalue weighted by molar-refractivity contribution is 1.08. The van der Waals surface area contributed by atoms with Gasteiger partial charge >= 0.3 is 0 Å². The standard InChI is InChI=1S/C43H31N3Si/c1-47(2)37-24-14-13-19-31(37)36-27-30(25-26-38(36)47)39-32-20-9-11-22-34(32)40(35-23-12-10-21-33(35)39)43-45-41(28-15-5-3-6-16-28)44-42(46-43)29-17-7-4-8-18-29/h3-27H,1-2H3. The maximum absolute atomic E-state index is 5.17. The van der Waals surface area contributed by atoms with Crippen LogP contribution < -0.4 is 10.4 Å². The van der Waals surface area contributed by atoms with Crippen molar-refractivity contribution in [2.24, 2.45) is 0 Å². The molecule has 0 amide bonds. The van der Waals surface area contributed by atoms with Crippen LogP contribution in [0.2, 0.25) is 13.1 Å². The van der Waals surface area contributed by atoms with Crippen molar-refractivity contribution in [3.8, 4) is 56.4 Å². The van der Waals surface area contributed by atoms with Gasteiger partial charge in [0.05, 0.1) is 0 Å². The Morgan fingerprint density at radius 1 is 0.362 bits per heavy atom. The van der Waals surface area contributed by atoms with Crippen LogP contribution in [0, 0.1) is 0 Å². The third kappa shape index (κ3) is 4.37. The Morgan fingerprint density at radius 3 is 1.38 bits per heavy atom. The Bertz CT molecular complexity index is 2370. The Hall–Kier alpha value is -5.71. The second kappa shape index (κ2) is 10.7. The number of fused-ring (bicyclic) bond motifs is 5. The summed E-state index contributed by atoms with van der Waals surface area (Å²) in [6.07, 6.45) is 0. The van der Waals surface area contributed by atoms with Gasteiger partial charge in [0, 0.05) is 16.7 Å². The molecule has 2 heterocycles. The van der Waals surface area contributed by atoms with Crippen LogP contribution in [0.4, 0.5) is 0 Å². The summed E-state index contributed by atoms with van der Waals surface area (Å²) in [5, 5.41) is 7.66. The van der Waals surface area contributed by atoms with Gasteiger partial charge in [0.1, 0.15) is 8.07 Å². The van der Waals surface area contributed by atoms with Gasteiger partial charge in [-0.3, -0.25) is 0 Å². The van der Waals surface area contributed by atoms with Crippen molar-refractivity contribution in [1.82, 2.24) is 15.0 Å². The molecule has 9 rings (SSSR count). The maximum atomic E-state index is 5.17. The lowest BCUT2D eigenvalue weighted by Crippen LogP contribution is -2.49. The quantitative estimate of drug-likeness (QED) is 0.146. The molecule has 1 aromatic heterocycles. The van der Waals surface area contributed by atoms with E-state index in [1.54, 1.807) is 0 Å². The lowest BCUT2D eigenvalue weighted by Gasteiger charge is -2.20. The van der Waals surface area contributed by atoms with Crippen molar-refractivity contribution in [1.29, 1.82) is 0 Å². The highest BCUT2D eigenvalue weighted by Crippen LogP contribution is 2.44. The van der Waals surface area contributed by atoms with Gasteiger partial charge in [-0.15, -0.1) is 0 Å². The molecule has 47 heavy (non-hydrogen) atoms. The van der Waals surface area contributed by atoms with Crippen LogP contribution in [0.25, 0.3) is 78.0 Å². The molecule has 1 aliphatic rings. The molecule has 0 spiro atoms. The van der Waals surface area contributed by atoms with Crippen molar-refractivity contribution in [3.05, 3.63) is 152 Å². The largest absolute Gasteiger partial charge is 0.208 e. The molecule has 7 aromatic carbocycles. The highest BCUT2D eigenvalue weighted by molar-refractivity contribution is 7.03. The monoisotopic (exact) mass is 617 g/mol. The molecule has 8 aromatic rings. The number of aromatic nitrogens is 3. The molecule has 222 valence electrons. The Morgan fingerprint density at radius 2 is 0.809 bits per heavy atom. The zero-order valence-corrected chi connectivity index (χ0v) is 27.3. The maximum Gasteiger partial charge on any atom is 0.165 e. The van der Waals surface area contributed by atoms with Crippen LogP contribution >= 0.6 is 0 Å². The van der Waals surface area contributed by atoms with E-state index in [1.165, 1.54) is 43.4 Å². The average molecular weight is 618 g/mol. The second-order valence-electron chi connectivity index (χ2n) is 12.8. The van der Waals surface area contributed by atoms with E-state index in [-0.39, 0.29) is 0 Å². The van der Waals surface area contributed by atoms with E-state index in [0.29, 0.717) is 17.5 Å². The van der Waals surface area contributed by atoms with E-state index in [2.05, 4.69) is 128 Å². The molecular formula is C43H31N3Si. The summed E-state index contributed by atoms with van der Waals surface area (Å²) >= 11 is 0. The molecule has 0 saturated carbocycles. The van der Waals surface area contributed by atoms with Gasteiger partial charge < -0.3 is 0 Å². The van der Waals surface area contributed by atoms with E-state index in [0.717, 1.165) is 27.5 Å². The minimum Gasteiger partial charge on any atom is -0.208 e. The van der Waals surface area contributed by atoms with Crippen molar-refractivity contribution in [2.45, 2.75) is 13.1 Å². The molecule has 1 aliphatic heterocycles. The van der Waals surface area contributed by atoms with E-state index in [4.69, 9.17) is 15.0 Å². The fourth-order valence-corrected chi connectivity index (χ4v) is 10.6.